The third-order valence-corrected chi connectivity index (χ3v) is 4.07. The Labute approximate surface area is 131 Å². The maximum Gasteiger partial charge on any atom is 0.239 e. The molecule has 120 valence electrons. The van der Waals surface area contributed by atoms with Crippen molar-refractivity contribution in [3.63, 3.8) is 0 Å². The lowest BCUT2D eigenvalue weighted by Crippen LogP contribution is -2.39. The van der Waals surface area contributed by atoms with E-state index in [1.807, 2.05) is 32.9 Å². The summed E-state index contributed by atoms with van der Waals surface area (Å²) in [7, 11) is 0. The van der Waals surface area contributed by atoms with Crippen molar-refractivity contribution < 1.29 is 9.59 Å². The van der Waals surface area contributed by atoms with Gasteiger partial charge in [0.1, 0.15) is 5.92 Å². The molecule has 22 heavy (non-hydrogen) atoms. The van der Waals surface area contributed by atoms with Gasteiger partial charge in [0.25, 0.3) is 0 Å². The van der Waals surface area contributed by atoms with Gasteiger partial charge in [0.2, 0.25) is 11.8 Å². The summed E-state index contributed by atoms with van der Waals surface area (Å²) in [6.45, 7) is 7.62. The van der Waals surface area contributed by atoms with Gasteiger partial charge in [-0.15, -0.1) is 0 Å². The highest BCUT2D eigenvalue weighted by molar-refractivity contribution is 6.09. The summed E-state index contributed by atoms with van der Waals surface area (Å²) in [5.74, 6) is -0.651. The van der Waals surface area contributed by atoms with E-state index < -0.39 is 5.92 Å². The van der Waals surface area contributed by atoms with Crippen LogP contribution < -0.4 is 16.0 Å². The standard InChI is InChI=1S/C17H25N3O2/c1-11-6-12(2)8-14(7-11)20-5-4-15(17(20)22)16(21)19-10-13(3)9-18/h6-8,13,15H,4-5,9-10,18H2,1-3H3,(H,19,21). The highest BCUT2D eigenvalue weighted by Crippen LogP contribution is 2.27. The van der Waals surface area contributed by atoms with E-state index in [1.165, 1.54) is 0 Å². The van der Waals surface area contributed by atoms with Gasteiger partial charge in [-0.05, 0) is 56.0 Å². The van der Waals surface area contributed by atoms with Crippen LogP contribution in [-0.4, -0.2) is 31.4 Å². The van der Waals surface area contributed by atoms with Gasteiger partial charge in [-0.3, -0.25) is 9.59 Å². The lowest BCUT2D eigenvalue weighted by atomic mass is 10.1. The molecule has 0 aromatic heterocycles. The van der Waals surface area contributed by atoms with Crippen molar-refractivity contribution in [1.29, 1.82) is 0 Å². The zero-order valence-electron chi connectivity index (χ0n) is 13.6. The first-order chi connectivity index (χ1) is 10.4. The second-order valence-electron chi connectivity index (χ2n) is 6.26. The third-order valence-electron chi connectivity index (χ3n) is 4.07. The molecule has 1 aliphatic rings. The number of carbonyl (C=O) groups is 2. The summed E-state index contributed by atoms with van der Waals surface area (Å²) in [4.78, 5) is 26.4. The van der Waals surface area contributed by atoms with Gasteiger partial charge in [0, 0.05) is 18.8 Å². The Kier molecular flexibility index (Phi) is 5.19. The van der Waals surface area contributed by atoms with E-state index in [2.05, 4.69) is 11.4 Å². The quantitative estimate of drug-likeness (QED) is 0.807. The van der Waals surface area contributed by atoms with Crippen LogP contribution in [0.2, 0.25) is 0 Å². The predicted octanol–water partition coefficient (Wildman–Crippen LogP) is 1.37. The minimum absolute atomic E-state index is 0.108. The summed E-state index contributed by atoms with van der Waals surface area (Å²) in [6, 6.07) is 6.05. The van der Waals surface area contributed by atoms with Crippen LogP contribution in [0, 0.1) is 25.7 Å². The number of anilines is 1. The van der Waals surface area contributed by atoms with E-state index in [0.29, 0.717) is 26.1 Å². The van der Waals surface area contributed by atoms with Crippen LogP contribution in [0.15, 0.2) is 18.2 Å². The second-order valence-corrected chi connectivity index (χ2v) is 6.26. The van der Waals surface area contributed by atoms with Crippen molar-refractivity contribution in [1.82, 2.24) is 5.32 Å². The van der Waals surface area contributed by atoms with E-state index in [9.17, 15) is 9.59 Å². The Morgan fingerprint density at radius 1 is 1.36 bits per heavy atom. The molecule has 1 saturated heterocycles. The first-order valence-corrected chi connectivity index (χ1v) is 7.79. The first kappa shape index (κ1) is 16.5. The number of benzene rings is 1. The number of nitrogens with two attached hydrogens (primary N) is 1. The monoisotopic (exact) mass is 303 g/mol. The topological polar surface area (TPSA) is 75.4 Å². The normalized spacial score (nSPS) is 19.4. The SMILES string of the molecule is Cc1cc(C)cc(N2CCC(C(=O)NCC(C)CN)C2=O)c1. The van der Waals surface area contributed by atoms with E-state index in [0.717, 1.165) is 16.8 Å². The zero-order valence-corrected chi connectivity index (χ0v) is 13.6. The van der Waals surface area contributed by atoms with Gasteiger partial charge in [-0.2, -0.15) is 0 Å². The predicted molar refractivity (Wildman–Crippen MR) is 87.6 cm³/mol. The first-order valence-electron chi connectivity index (χ1n) is 7.79. The molecule has 0 radical (unpaired) electrons. The molecule has 1 aromatic rings. The van der Waals surface area contributed by atoms with E-state index in [4.69, 9.17) is 5.73 Å². The molecule has 2 unspecified atom stereocenters. The number of nitrogens with zero attached hydrogens (tertiary/aromatic N) is 1. The number of rotatable bonds is 5. The molecular formula is C17H25N3O2. The van der Waals surface area contributed by atoms with Crippen LogP contribution >= 0.6 is 0 Å². The molecule has 0 bridgehead atoms. The van der Waals surface area contributed by atoms with Crippen LogP contribution in [0.5, 0.6) is 0 Å². The maximum absolute atomic E-state index is 12.5. The highest BCUT2D eigenvalue weighted by atomic mass is 16.2. The van der Waals surface area contributed by atoms with Crippen molar-refractivity contribution in [2.24, 2.45) is 17.6 Å². The second kappa shape index (κ2) is 6.92. The van der Waals surface area contributed by atoms with Crippen LogP contribution in [0.1, 0.15) is 24.5 Å². The molecule has 0 spiro atoms. The Balaban J connectivity index is 2.04. The number of amides is 2. The van der Waals surface area contributed by atoms with Crippen molar-refractivity contribution in [3.8, 4) is 0 Å². The third kappa shape index (κ3) is 3.65. The molecule has 1 fully saturated rings. The smallest absolute Gasteiger partial charge is 0.239 e. The van der Waals surface area contributed by atoms with E-state index in [1.54, 1.807) is 4.90 Å². The molecule has 5 heteroatoms. The van der Waals surface area contributed by atoms with Gasteiger partial charge < -0.3 is 16.0 Å². The Morgan fingerprint density at radius 2 is 2.00 bits per heavy atom. The fourth-order valence-electron chi connectivity index (χ4n) is 2.77. The van der Waals surface area contributed by atoms with Crippen LogP contribution in [0.25, 0.3) is 0 Å². The number of aryl methyl sites for hydroxylation is 2. The molecular weight excluding hydrogens is 278 g/mol. The molecule has 0 aliphatic carbocycles. The molecule has 2 rings (SSSR count). The van der Waals surface area contributed by atoms with E-state index in [-0.39, 0.29) is 17.7 Å². The largest absolute Gasteiger partial charge is 0.355 e. The summed E-state index contributed by atoms with van der Waals surface area (Å²) >= 11 is 0. The number of carbonyl (C=O) groups excluding carboxylic acids is 2. The Morgan fingerprint density at radius 3 is 2.59 bits per heavy atom. The molecule has 0 saturated carbocycles. The van der Waals surface area contributed by atoms with Gasteiger partial charge in [0.05, 0.1) is 0 Å². The van der Waals surface area contributed by atoms with E-state index >= 15 is 0 Å². The average molecular weight is 303 g/mol. The average Bonchev–Trinajstić information content (AvgIpc) is 2.85. The summed E-state index contributed by atoms with van der Waals surface area (Å²) < 4.78 is 0. The molecule has 3 N–H and O–H groups in total. The Hall–Kier alpha value is -1.88. The zero-order chi connectivity index (χ0) is 16.3. The minimum atomic E-state index is -0.578. The van der Waals surface area contributed by atoms with Gasteiger partial charge in [0.15, 0.2) is 0 Å². The lowest BCUT2D eigenvalue weighted by molar-refractivity contribution is -0.132. The molecule has 1 aromatic carbocycles. The van der Waals surface area contributed by atoms with Crippen LogP contribution in [0.4, 0.5) is 5.69 Å². The molecule has 2 atom stereocenters. The number of hydrogen-bond acceptors (Lipinski definition) is 3. The molecule has 1 aliphatic heterocycles. The van der Waals surface area contributed by atoms with Crippen LogP contribution in [-0.2, 0) is 9.59 Å². The van der Waals surface area contributed by atoms with Crippen molar-refractivity contribution in [2.75, 3.05) is 24.5 Å². The number of hydrogen-bond donors (Lipinski definition) is 2. The van der Waals surface area contributed by atoms with Gasteiger partial charge >= 0.3 is 0 Å². The summed E-state index contributed by atoms with van der Waals surface area (Å²) in [5.41, 5.74) is 8.66. The van der Waals surface area contributed by atoms with Crippen molar-refractivity contribution in [3.05, 3.63) is 29.3 Å². The fraction of sp³-hybridized carbons (Fsp3) is 0.529. The Bertz CT molecular complexity index is 551. The summed E-state index contributed by atoms with van der Waals surface area (Å²) in [6.07, 6.45) is 0.564. The highest BCUT2D eigenvalue weighted by Gasteiger charge is 2.37. The van der Waals surface area contributed by atoms with Crippen LogP contribution in [0.3, 0.4) is 0 Å². The number of nitrogens with one attached hydrogen (secondary N) is 1. The van der Waals surface area contributed by atoms with Crippen molar-refractivity contribution in [2.45, 2.75) is 27.2 Å². The van der Waals surface area contributed by atoms with Gasteiger partial charge in [-0.25, -0.2) is 0 Å². The van der Waals surface area contributed by atoms with Gasteiger partial charge in [-0.1, -0.05) is 13.0 Å². The molecule has 2 amide bonds. The lowest BCUT2D eigenvalue weighted by Gasteiger charge is -2.18. The maximum atomic E-state index is 12.5. The molecule has 1 heterocycles. The molecule has 5 nitrogen and oxygen atoms in total. The fourth-order valence-corrected chi connectivity index (χ4v) is 2.77. The minimum Gasteiger partial charge on any atom is -0.355 e. The van der Waals surface area contributed by atoms with Crippen molar-refractivity contribution >= 4 is 17.5 Å². The summed E-state index contributed by atoms with van der Waals surface area (Å²) in [5, 5.41) is 2.83.